The van der Waals surface area contributed by atoms with Crippen LogP contribution >= 0.6 is 11.6 Å². The van der Waals surface area contributed by atoms with Crippen molar-refractivity contribution in [3.05, 3.63) is 41.9 Å². The molecule has 0 saturated heterocycles. The van der Waals surface area contributed by atoms with Gasteiger partial charge in [-0.25, -0.2) is 9.97 Å². The van der Waals surface area contributed by atoms with Crippen LogP contribution in [0.3, 0.4) is 0 Å². The van der Waals surface area contributed by atoms with Crippen LogP contribution in [0, 0.1) is 0 Å². The van der Waals surface area contributed by atoms with E-state index < -0.39 is 0 Å². The number of fused-ring (bicyclic) bond motifs is 1. The second-order valence-electron chi connectivity index (χ2n) is 4.14. The van der Waals surface area contributed by atoms with Crippen LogP contribution in [-0.4, -0.2) is 14.5 Å². The molecule has 18 heavy (non-hydrogen) atoms. The molecule has 90 valence electrons. The molecule has 0 aliphatic heterocycles. The van der Waals surface area contributed by atoms with E-state index in [-0.39, 0.29) is 0 Å². The smallest absolute Gasteiger partial charge is 0.145 e. The quantitative estimate of drug-likeness (QED) is 0.539. The van der Waals surface area contributed by atoms with Crippen molar-refractivity contribution in [2.75, 3.05) is 5.73 Å². The van der Waals surface area contributed by atoms with Crippen LogP contribution in [0.2, 0.25) is 5.15 Å². The van der Waals surface area contributed by atoms with Gasteiger partial charge in [0.25, 0.3) is 0 Å². The molecule has 0 atom stereocenters. The highest BCUT2D eigenvalue weighted by atomic mass is 35.5. The number of anilines is 1. The highest BCUT2D eigenvalue weighted by Crippen LogP contribution is 2.33. The maximum Gasteiger partial charge on any atom is 0.145 e. The summed E-state index contributed by atoms with van der Waals surface area (Å²) in [5.41, 5.74) is 9.31. The summed E-state index contributed by atoms with van der Waals surface area (Å²) >= 11 is 6.17. The van der Waals surface area contributed by atoms with Crippen molar-refractivity contribution < 1.29 is 0 Å². The first-order valence-corrected chi connectivity index (χ1v) is 5.86. The van der Waals surface area contributed by atoms with Crippen molar-refractivity contribution in [3.63, 3.8) is 0 Å². The molecule has 2 N–H and O–H groups in total. The monoisotopic (exact) mass is 258 g/mol. The Morgan fingerprint density at radius 3 is 2.61 bits per heavy atom. The van der Waals surface area contributed by atoms with Gasteiger partial charge in [-0.05, 0) is 17.7 Å². The maximum atomic E-state index is 6.17. The summed E-state index contributed by atoms with van der Waals surface area (Å²) in [5.74, 6) is 0. The van der Waals surface area contributed by atoms with E-state index in [1.165, 1.54) is 6.33 Å². The average molecular weight is 259 g/mol. The molecule has 0 spiro atoms. The second-order valence-corrected chi connectivity index (χ2v) is 4.50. The Morgan fingerprint density at radius 1 is 1.17 bits per heavy atom. The van der Waals surface area contributed by atoms with Crippen molar-refractivity contribution in [2.24, 2.45) is 7.05 Å². The molecular weight excluding hydrogens is 248 g/mol. The third-order valence-electron chi connectivity index (χ3n) is 2.93. The van der Waals surface area contributed by atoms with Gasteiger partial charge in [0.1, 0.15) is 17.1 Å². The molecule has 0 bridgehead atoms. The standard InChI is InChI=1S/C13H11ClN4/c1-18-6-10(8-2-4-9(15)5-3-8)11-12(14)16-7-17-13(11)18/h2-7H,15H2,1H3. The van der Waals surface area contributed by atoms with Crippen molar-refractivity contribution in [2.45, 2.75) is 0 Å². The van der Waals surface area contributed by atoms with E-state index in [0.29, 0.717) is 5.15 Å². The highest BCUT2D eigenvalue weighted by molar-refractivity contribution is 6.35. The Balaban J connectivity index is 2.32. The highest BCUT2D eigenvalue weighted by Gasteiger charge is 2.13. The molecule has 2 heterocycles. The van der Waals surface area contributed by atoms with Crippen molar-refractivity contribution in [1.29, 1.82) is 0 Å². The zero-order valence-electron chi connectivity index (χ0n) is 9.76. The summed E-state index contributed by atoms with van der Waals surface area (Å²) in [6, 6.07) is 7.67. The summed E-state index contributed by atoms with van der Waals surface area (Å²) in [6.45, 7) is 0. The van der Waals surface area contributed by atoms with Crippen LogP contribution in [0.25, 0.3) is 22.2 Å². The second kappa shape index (κ2) is 3.99. The van der Waals surface area contributed by atoms with Crippen LogP contribution < -0.4 is 5.73 Å². The summed E-state index contributed by atoms with van der Waals surface area (Å²) in [6.07, 6.45) is 3.47. The lowest BCUT2D eigenvalue weighted by Gasteiger charge is -2.00. The Labute approximate surface area is 109 Å². The number of hydrogen-bond donors (Lipinski definition) is 1. The van der Waals surface area contributed by atoms with Gasteiger partial charge in [0.15, 0.2) is 0 Å². The maximum absolute atomic E-state index is 6.17. The molecule has 0 unspecified atom stereocenters. The zero-order chi connectivity index (χ0) is 12.7. The fourth-order valence-corrected chi connectivity index (χ4v) is 2.29. The van der Waals surface area contributed by atoms with Gasteiger partial charge in [0.05, 0.1) is 5.39 Å². The van der Waals surface area contributed by atoms with Gasteiger partial charge >= 0.3 is 0 Å². The van der Waals surface area contributed by atoms with E-state index in [1.807, 2.05) is 42.1 Å². The largest absolute Gasteiger partial charge is 0.399 e. The number of benzene rings is 1. The third kappa shape index (κ3) is 1.62. The van der Waals surface area contributed by atoms with Crippen LogP contribution in [-0.2, 0) is 7.05 Å². The SMILES string of the molecule is Cn1cc(-c2ccc(N)cc2)c2c(Cl)ncnc21. The van der Waals surface area contributed by atoms with E-state index in [2.05, 4.69) is 9.97 Å². The number of nitrogens with zero attached hydrogens (tertiary/aromatic N) is 3. The van der Waals surface area contributed by atoms with Gasteiger partial charge in [0, 0.05) is 24.5 Å². The van der Waals surface area contributed by atoms with Gasteiger partial charge in [-0.15, -0.1) is 0 Å². The Kier molecular flexibility index (Phi) is 2.45. The predicted molar refractivity (Wildman–Crippen MR) is 73.4 cm³/mol. The number of hydrogen-bond acceptors (Lipinski definition) is 3. The summed E-state index contributed by atoms with van der Waals surface area (Å²) in [5, 5.41) is 1.33. The molecule has 0 aliphatic rings. The first kappa shape index (κ1) is 11.0. The van der Waals surface area contributed by atoms with E-state index in [0.717, 1.165) is 27.8 Å². The molecular formula is C13H11ClN4. The number of aryl methyl sites for hydroxylation is 1. The van der Waals surface area contributed by atoms with Crippen molar-refractivity contribution in [3.8, 4) is 11.1 Å². The molecule has 3 rings (SSSR count). The molecule has 0 saturated carbocycles. The van der Waals surface area contributed by atoms with Gasteiger partial charge < -0.3 is 10.3 Å². The minimum absolute atomic E-state index is 0.465. The molecule has 2 aromatic heterocycles. The van der Waals surface area contributed by atoms with Crippen LogP contribution in [0.15, 0.2) is 36.8 Å². The van der Waals surface area contributed by atoms with Crippen LogP contribution in [0.5, 0.6) is 0 Å². The van der Waals surface area contributed by atoms with Crippen molar-refractivity contribution in [1.82, 2.24) is 14.5 Å². The van der Waals surface area contributed by atoms with Gasteiger partial charge in [-0.2, -0.15) is 0 Å². The molecule has 0 radical (unpaired) electrons. The lowest BCUT2D eigenvalue weighted by molar-refractivity contribution is 0.944. The first-order chi connectivity index (χ1) is 8.66. The predicted octanol–water partition coefficient (Wildman–Crippen LogP) is 2.87. The number of nitrogen functional groups attached to an aromatic ring is 1. The molecule has 1 aromatic carbocycles. The lowest BCUT2D eigenvalue weighted by Crippen LogP contribution is -1.88. The summed E-state index contributed by atoms with van der Waals surface area (Å²) < 4.78 is 1.94. The van der Waals surface area contributed by atoms with E-state index >= 15 is 0 Å². The van der Waals surface area contributed by atoms with Crippen LogP contribution in [0.4, 0.5) is 5.69 Å². The molecule has 0 amide bonds. The average Bonchev–Trinajstić information content (AvgIpc) is 2.70. The lowest BCUT2D eigenvalue weighted by atomic mass is 10.1. The van der Waals surface area contributed by atoms with Crippen molar-refractivity contribution >= 4 is 28.3 Å². The molecule has 4 nitrogen and oxygen atoms in total. The fourth-order valence-electron chi connectivity index (χ4n) is 2.06. The normalized spacial score (nSPS) is 11.0. The topological polar surface area (TPSA) is 56.7 Å². The minimum atomic E-state index is 0.465. The molecule has 0 aliphatic carbocycles. The van der Waals surface area contributed by atoms with Gasteiger partial charge in [-0.1, -0.05) is 23.7 Å². The summed E-state index contributed by atoms with van der Waals surface area (Å²) in [4.78, 5) is 8.29. The van der Waals surface area contributed by atoms with Gasteiger partial charge in [-0.3, -0.25) is 0 Å². The van der Waals surface area contributed by atoms with E-state index in [4.69, 9.17) is 17.3 Å². The first-order valence-electron chi connectivity index (χ1n) is 5.48. The number of halogens is 1. The molecule has 3 aromatic rings. The Morgan fingerprint density at radius 2 is 1.89 bits per heavy atom. The zero-order valence-corrected chi connectivity index (χ0v) is 10.5. The Bertz CT molecular complexity index is 716. The minimum Gasteiger partial charge on any atom is -0.399 e. The number of nitrogens with two attached hydrogens (primary N) is 1. The molecule has 5 heteroatoms. The van der Waals surface area contributed by atoms with Gasteiger partial charge in [0.2, 0.25) is 0 Å². The van der Waals surface area contributed by atoms with Crippen LogP contribution in [0.1, 0.15) is 0 Å². The van der Waals surface area contributed by atoms with E-state index in [9.17, 15) is 0 Å². The molecule has 0 fully saturated rings. The number of rotatable bonds is 1. The third-order valence-corrected chi connectivity index (χ3v) is 3.22. The Hall–Kier alpha value is -2.07. The summed E-state index contributed by atoms with van der Waals surface area (Å²) in [7, 11) is 1.94. The van der Waals surface area contributed by atoms with E-state index in [1.54, 1.807) is 0 Å². The fraction of sp³-hybridized carbons (Fsp3) is 0.0769. The number of aromatic nitrogens is 3.